The lowest BCUT2D eigenvalue weighted by Gasteiger charge is -2.15. The van der Waals surface area contributed by atoms with Crippen LogP contribution in [0.4, 0.5) is 5.69 Å². The van der Waals surface area contributed by atoms with Gasteiger partial charge < -0.3 is 15.2 Å². The van der Waals surface area contributed by atoms with E-state index in [2.05, 4.69) is 42.5 Å². The molecular formula is C19H19NO2. The number of nitrogens with two attached hydrogens (primary N) is 1. The second-order valence-electron chi connectivity index (χ2n) is 5.22. The Morgan fingerprint density at radius 3 is 2.18 bits per heavy atom. The van der Waals surface area contributed by atoms with Crippen molar-refractivity contribution in [3.8, 4) is 11.5 Å². The highest BCUT2D eigenvalue weighted by Crippen LogP contribution is 2.34. The summed E-state index contributed by atoms with van der Waals surface area (Å²) in [7, 11) is 3.31. The number of hydrogen-bond donors (Lipinski definition) is 1. The van der Waals surface area contributed by atoms with Crippen molar-refractivity contribution < 1.29 is 9.47 Å². The maximum Gasteiger partial charge on any atom is 0.128 e. The third-order valence-corrected chi connectivity index (χ3v) is 3.88. The van der Waals surface area contributed by atoms with Gasteiger partial charge in [-0.15, -0.1) is 0 Å². The van der Waals surface area contributed by atoms with Crippen molar-refractivity contribution in [2.24, 2.45) is 0 Å². The molecule has 112 valence electrons. The van der Waals surface area contributed by atoms with Crippen molar-refractivity contribution in [1.82, 2.24) is 0 Å². The average molecular weight is 293 g/mol. The third kappa shape index (κ3) is 2.58. The molecule has 3 aromatic rings. The van der Waals surface area contributed by atoms with Gasteiger partial charge in [0.2, 0.25) is 0 Å². The number of nitrogen functional groups attached to an aromatic ring is 1. The van der Waals surface area contributed by atoms with Crippen LogP contribution in [-0.4, -0.2) is 14.2 Å². The van der Waals surface area contributed by atoms with Gasteiger partial charge in [0.1, 0.15) is 11.5 Å². The Kier molecular flexibility index (Phi) is 3.88. The second kappa shape index (κ2) is 5.98. The minimum absolute atomic E-state index is 0.635. The molecule has 0 heterocycles. The fourth-order valence-electron chi connectivity index (χ4n) is 2.82. The first-order valence-corrected chi connectivity index (χ1v) is 7.20. The zero-order chi connectivity index (χ0) is 15.5. The van der Waals surface area contributed by atoms with Crippen LogP contribution < -0.4 is 15.2 Å². The van der Waals surface area contributed by atoms with Crippen LogP contribution in [0.2, 0.25) is 0 Å². The van der Waals surface area contributed by atoms with E-state index in [1.54, 1.807) is 14.2 Å². The zero-order valence-corrected chi connectivity index (χ0v) is 12.8. The maximum absolute atomic E-state index is 5.90. The van der Waals surface area contributed by atoms with Crippen LogP contribution in [0.5, 0.6) is 11.5 Å². The highest BCUT2D eigenvalue weighted by atomic mass is 16.5. The fourth-order valence-corrected chi connectivity index (χ4v) is 2.82. The highest BCUT2D eigenvalue weighted by molar-refractivity contribution is 5.86. The molecule has 0 aliphatic heterocycles. The molecule has 0 spiro atoms. The van der Waals surface area contributed by atoms with Gasteiger partial charge in [0.05, 0.1) is 14.2 Å². The molecule has 0 bridgehead atoms. The molecule has 0 atom stereocenters. The van der Waals surface area contributed by atoms with Crippen LogP contribution in [0, 0.1) is 0 Å². The molecule has 0 fully saturated rings. The van der Waals surface area contributed by atoms with Gasteiger partial charge in [0, 0.05) is 29.8 Å². The SMILES string of the molecule is COc1cc(N)cc(OC)c1Cc1cccc2ccccc12. The van der Waals surface area contributed by atoms with Gasteiger partial charge in [-0.3, -0.25) is 0 Å². The van der Waals surface area contributed by atoms with Gasteiger partial charge in [0.25, 0.3) is 0 Å². The van der Waals surface area contributed by atoms with E-state index in [1.807, 2.05) is 12.1 Å². The summed E-state index contributed by atoms with van der Waals surface area (Å²) in [5, 5.41) is 2.47. The van der Waals surface area contributed by atoms with Crippen LogP contribution in [0.25, 0.3) is 10.8 Å². The molecular weight excluding hydrogens is 274 g/mol. The molecule has 22 heavy (non-hydrogen) atoms. The van der Waals surface area contributed by atoms with Crippen molar-refractivity contribution in [2.45, 2.75) is 6.42 Å². The van der Waals surface area contributed by atoms with Crippen LogP contribution in [0.15, 0.2) is 54.6 Å². The third-order valence-electron chi connectivity index (χ3n) is 3.88. The number of ether oxygens (including phenoxy) is 2. The van der Waals surface area contributed by atoms with Crippen LogP contribution in [0.1, 0.15) is 11.1 Å². The summed E-state index contributed by atoms with van der Waals surface area (Å²) in [4.78, 5) is 0. The summed E-state index contributed by atoms with van der Waals surface area (Å²) in [5.41, 5.74) is 8.78. The Balaban J connectivity index is 2.12. The first-order chi connectivity index (χ1) is 10.7. The normalized spacial score (nSPS) is 10.6. The topological polar surface area (TPSA) is 44.5 Å². The number of fused-ring (bicyclic) bond motifs is 1. The molecule has 0 saturated carbocycles. The van der Waals surface area contributed by atoms with Gasteiger partial charge in [-0.25, -0.2) is 0 Å². The van der Waals surface area contributed by atoms with Crippen LogP contribution >= 0.6 is 0 Å². The van der Waals surface area contributed by atoms with Gasteiger partial charge in [-0.2, -0.15) is 0 Å². The molecule has 3 aromatic carbocycles. The smallest absolute Gasteiger partial charge is 0.128 e. The molecule has 3 heteroatoms. The van der Waals surface area contributed by atoms with Crippen molar-refractivity contribution in [2.75, 3.05) is 20.0 Å². The lowest BCUT2D eigenvalue weighted by atomic mass is 9.97. The quantitative estimate of drug-likeness (QED) is 0.739. The largest absolute Gasteiger partial charge is 0.496 e. The van der Waals surface area contributed by atoms with Crippen molar-refractivity contribution in [3.63, 3.8) is 0 Å². The summed E-state index contributed by atoms with van der Waals surface area (Å²) < 4.78 is 11.0. The van der Waals surface area contributed by atoms with Crippen molar-refractivity contribution >= 4 is 16.5 Å². The molecule has 3 nitrogen and oxygen atoms in total. The van der Waals surface area contributed by atoms with E-state index < -0.39 is 0 Å². The fraction of sp³-hybridized carbons (Fsp3) is 0.158. The van der Waals surface area contributed by atoms with Gasteiger partial charge in [0.15, 0.2) is 0 Å². The van der Waals surface area contributed by atoms with Gasteiger partial charge in [-0.05, 0) is 16.3 Å². The number of methoxy groups -OCH3 is 2. The van der Waals surface area contributed by atoms with E-state index >= 15 is 0 Å². The minimum Gasteiger partial charge on any atom is -0.496 e. The average Bonchev–Trinajstić information content (AvgIpc) is 2.56. The molecule has 0 aliphatic rings. The summed E-state index contributed by atoms with van der Waals surface area (Å²) >= 11 is 0. The summed E-state index contributed by atoms with van der Waals surface area (Å²) in [6.45, 7) is 0. The molecule has 0 unspecified atom stereocenters. The Hall–Kier alpha value is -2.68. The molecule has 0 aromatic heterocycles. The predicted molar refractivity (Wildman–Crippen MR) is 90.7 cm³/mol. The molecule has 2 N–H and O–H groups in total. The number of anilines is 1. The maximum atomic E-state index is 5.90. The summed E-state index contributed by atoms with van der Waals surface area (Å²) in [6.07, 6.45) is 0.730. The van der Waals surface area contributed by atoms with E-state index in [9.17, 15) is 0 Å². The monoisotopic (exact) mass is 293 g/mol. The van der Waals surface area contributed by atoms with E-state index in [1.165, 1.54) is 16.3 Å². The van der Waals surface area contributed by atoms with Gasteiger partial charge >= 0.3 is 0 Å². The number of benzene rings is 3. The summed E-state index contributed by atoms with van der Waals surface area (Å²) in [6, 6.07) is 18.4. The Labute approximate surface area is 130 Å². The minimum atomic E-state index is 0.635. The van der Waals surface area contributed by atoms with E-state index in [0.717, 1.165) is 23.5 Å². The second-order valence-corrected chi connectivity index (χ2v) is 5.22. The van der Waals surface area contributed by atoms with Crippen molar-refractivity contribution in [3.05, 3.63) is 65.7 Å². The summed E-state index contributed by atoms with van der Waals surface area (Å²) in [5.74, 6) is 1.51. The number of hydrogen-bond acceptors (Lipinski definition) is 3. The Morgan fingerprint density at radius 1 is 0.864 bits per heavy atom. The van der Waals surface area contributed by atoms with Crippen LogP contribution in [0.3, 0.4) is 0 Å². The molecule has 0 aliphatic carbocycles. The van der Waals surface area contributed by atoms with E-state index in [-0.39, 0.29) is 0 Å². The molecule has 0 amide bonds. The first kappa shape index (κ1) is 14.3. The zero-order valence-electron chi connectivity index (χ0n) is 12.8. The van der Waals surface area contributed by atoms with Crippen LogP contribution in [-0.2, 0) is 6.42 Å². The number of rotatable bonds is 4. The Morgan fingerprint density at radius 2 is 1.50 bits per heavy atom. The Bertz CT molecular complexity index is 781. The van der Waals surface area contributed by atoms with Gasteiger partial charge in [-0.1, -0.05) is 42.5 Å². The lowest BCUT2D eigenvalue weighted by molar-refractivity contribution is 0.387. The van der Waals surface area contributed by atoms with E-state index in [4.69, 9.17) is 15.2 Å². The highest BCUT2D eigenvalue weighted by Gasteiger charge is 2.13. The standard InChI is InChI=1S/C19H19NO2/c1-21-18-11-15(20)12-19(22-2)17(18)10-14-8-5-7-13-6-3-4-9-16(13)14/h3-9,11-12H,10,20H2,1-2H3. The predicted octanol–water partition coefficient (Wildman–Crippen LogP) is 4.03. The molecule has 0 saturated heterocycles. The molecule has 0 radical (unpaired) electrons. The first-order valence-electron chi connectivity index (χ1n) is 7.20. The lowest BCUT2D eigenvalue weighted by Crippen LogP contribution is -2.00. The van der Waals surface area contributed by atoms with E-state index in [0.29, 0.717) is 5.69 Å². The van der Waals surface area contributed by atoms with Crippen molar-refractivity contribution in [1.29, 1.82) is 0 Å². The molecule has 3 rings (SSSR count).